The van der Waals surface area contributed by atoms with E-state index < -0.39 is 0 Å². The molecule has 0 bridgehead atoms. The summed E-state index contributed by atoms with van der Waals surface area (Å²) in [7, 11) is 0. The van der Waals surface area contributed by atoms with Crippen LogP contribution in [0.25, 0.3) is 0 Å². The van der Waals surface area contributed by atoms with Crippen molar-refractivity contribution in [2.24, 2.45) is 10.9 Å². The van der Waals surface area contributed by atoms with Gasteiger partial charge in [0.15, 0.2) is 17.5 Å². The molecule has 0 saturated carbocycles. The Balaban J connectivity index is 1.28. The molecule has 4 rings (SSSR count). The zero-order valence-corrected chi connectivity index (χ0v) is 19.5. The topological polar surface area (TPSA) is 52.6 Å². The second-order valence-electron chi connectivity index (χ2n) is 9.24. The van der Waals surface area contributed by atoms with Crippen LogP contribution < -0.4 is 14.8 Å². The molecule has 0 aromatic heterocycles. The number of fused-ring (bicyclic) bond motifs is 1. The van der Waals surface area contributed by atoms with Gasteiger partial charge in [-0.2, -0.15) is 0 Å². The zero-order chi connectivity index (χ0) is 21.6. The van der Waals surface area contributed by atoms with Crippen molar-refractivity contribution in [3.8, 4) is 11.5 Å². The highest BCUT2D eigenvalue weighted by atomic mass is 16.7. The molecule has 1 aromatic carbocycles. The van der Waals surface area contributed by atoms with E-state index in [1.54, 1.807) is 0 Å². The van der Waals surface area contributed by atoms with Crippen LogP contribution in [0.15, 0.2) is 23.2 Å². The van der Waals surface area contributed by atoms with Crippen LogP contribution in [0.3, 0.4) is 0 Å². The summed E-state index contributed by atoms with van der Waals surface area (Å²) in [6, 6.07) is 6.93. The maximum Gasteiger partial charge on any atom is 0.231 e. The van der Waals surface area contributed by atoms with Crippen LogP contribution in [0.1, 0.15) is 39.2 Å². The van der Waals surface area contributed by atoms with E-state index in [9.17, 15) is 0 Å². The van der Waals surface area contributed by atoms with Gasteiger partial charge in [-0.1, -0.05) is 6.07 Å². The fraction of sp³-hybridized carbons (Fsp3) is 0.708. The number of aliphatic imine (C=N–C) groups is 1. The highest BCUT2D eigenvalue weighted by Gasteiger charge is 2.24. The molecule has 172 valence electrons. The van der Waals surface area contributed by atoms with Gasteiger partial charge in [0.05, 0.1) is 0 Å². The maximum atomic E-state index is 5.52. The lowest BCUT2D eigenvalue weighted by Crippen LogP contribution is -2.52. The molecule has 3 aliphatic rings. The minimum Gasteiger partial charge on any atom is -0.454 e. The lowest BCUT2D eigenvalue weighted by Gasteiger charge is -2.37. The molecular formula is C24H39N5O2. The number of piperazine rings is 1. The molecule has 2 saturated heterocycles. The molecule has 31 heavy (non-hydrogen) atoms. The number of rotatable bonds is 6. The van der Waals surface area contributed by atoms with Gasteiger partial charge < -0.3 is 24.6 Å². The quantitative estimate of drug-likeness (QED) is 0.554. The van der Waals surface area contributed by atoms with E-state index >= 15 is 0 Å². The van der Waals surface area contributed by atoms with E-state index in [-0.39, 0.29) is 0 Å². The minimum atomic E-state index is 0.334. The normalized spacial score (nSPS) is 22.9. The number of benzene rings is 1. The van der Waals surface area contributed by atoms with Gasteiger partial charge >= 0.3 is 0 Å². The number of guanidine groups is 1. The van der Waals surface area contributed by atoms with Gasteiger partial charge in [-0.05, 0) is 63.8 Å². The van der Waals surface area contributed by atoms with Crippen molar-refractivity contribution < 1.29 is 9.47 Å². The molecule has 1 unspecified atom stereocenters. The number of likely N-dealkylation sites (tertiary alicyclic amines) is 1. The summed E-state index contributed by atoms with van der Waals surface area (Å²) in [4.78, 5) is 12.6. The molecular weight excluding hydrogens is 390 g/mol. The molecule has 3 aliphatic heterocycles. The van der Waals surface area contributed by atoms with Crippen LogP contribution in [0.2, 0.25) is 0 Å². The van der Waals surface area contributed by atoms with Crippen LogP contribution in [0.4, 0.5) is 0 Å². The molecule has 2 fully saturated rings. The summed E-state index contributed by atoms with van der Waals surface area (Å²) in [5.74, 6) is 3.50. The Morgan fingerprint density at radius 2 is 1.94 bits per heavy atom. The maximum absolute atomic E-state index is 5.52. The molecule has 7 nitrogen and oxygen atoms in total. The SMILES string of the molecule is CCNC(=NCC1CCCN(C(C)C)C1)N1CCN(Cc2ccc3c(c2)OCO3)CC1. The fourth-order valence-electron chi connectivity index (χ4n) is 4.77. The highest BCUT2D eigenvalue weighted by molar-refractivity contribution is 5.80. The Morgan fingerprint density at radius 1 is 1.13 bits per heavy atom. The third kappa shape index (κ3) is 5.83. The Labute approximate surface area is 187 Å². The van der Waals surface area contributed by atoms with Gasteiger partial charge in [0, 0.05) is 58.4 Å². The Morgan fingerprint density at radius 3 is 2.71 bits per heavy atom. The summed E-state index contributed by atoms with van der Waals surface area (Å²) < 4.78 is 10.9. The van der Waals surface area contributed by atoms with Crippen molar-refractivity contribution in [3.05, 3.63) is 23.8 Å². The van der Waals surface area contributed by atoms with E-state index in [4.69, 9.17) is 14.5 Å². The highest BCUT2D eigenvalue weighted by Crippen LogP contribution is 2.32. The standard InChI is InChI=1S/C24H39N5O2/c1-4-25-24(26-15-21-6-5-9-29(17-21)19(2)3)28-12-10-27(11-13-28)16-20-7-8-22-23(14-20)31-18-30-22/h7-8,14,19,21H,4-6,9-13,15-18H2,1-3H3,(H,25,26). The molecule has 1 atom stereocenters. The van der Waals surface area contributed by atoms with Crippen LogP contribution in [0.5, 0.6) is 11.5 Å². The van der Waals surface area contributed by atoms with E-state index in [1.807, 2.05) is 6.07 Å². The third-order valence-electron chi connectivity index (χ3n) is 6.63. The number of nitrogens with one attached hydrogen (secondary N) is 1. The van der Waals surface area contributed by atoms with Gasteiger partial charge in [0.25, 0.3) is 0 Å². The lowest BCUT2D eigenvalue weighted by atomic mass is 9.97. The van der Waals surface area contributed by atoms with Crippen molar-refractivity contribution in [1.29, 1.82) is 0 Å². The van der Waals surface area contributed by atoms with Gasteiger partial charge in [-0.15, -0.1) is 0 Å². The van der Waals surface area contributed by atoms with E-state index in [0.717, 1.165) is 63.3 Å². The average Bonchev–Trinajstić information content (AvgIpc) is 3.25. The van der Waals surface area contributed by atoms with Crippen molar-refractivity contribution >= 4 is 5.96 Å². The van der Waals surface area contributed by atoms with Gasteiger partial charge in [0.1, 0.15) is 0 Å². The van der Waals surface area contributed by atoms with Gasteiger partial charge in [0.2, 0.25) is 6.79 Å². The lowest BCUT2D eigenvalue weighted by molar-refractivity contribution is 0.142. The predicted molar refractivity (Wildman–Crippen MR) is 125 cm³/mol. The second kappa shape index (κ2) is 10.6. The Kier molecular flexibility index (Phi) is 7.56. The van der Waals surface area contributed by atoms with Gasteiger partial charge in [-0.25, -0.2) is 0 Å². The fourth-order valence-corrected chi connectivity index (χ4v) is 4.77. The zero-order valence-electron chi connectivity index (χ0n) is 19.5. The van der Waals surface area contributed by atoms with Crippen LogP contribution >= 0.6 is 0 Å². The first kappa shape index (κ1) is 22.2. The molecule has 1 aromatic rings. The van der Waals surface area contributed by atoms with E-state index in [1.165, 1.54) is 31.5 Å². The number of ether oxygens (including phenoxy) is 2. The number of hydrogen-bond acceptors (Lipinski definition) is 5. The molecule has 0 radical (unpaired) electrons. The average molecular weight is 430 g/mol. The summed E-state index contributed by atoms with van der Waals surface area (Å²) >= 11 is 0. The predicted octanol–water partition coefficient (Wildman–Crippen LogP) is 2.62. The number of piperidine rings is 1. The summed E-state index contributed by atoms with van der Waals surface area (Å²) in [5, 5.41) is 3.53. The second-order valence-corrected chi connectivity index (χ2v) is 9.24. The van der Waals surface area contributed by atoms with E-state index in [0.29, 0.717) is 18.8 Å². The van der Waals surface area contributed by atoms with Crippen molar-refractivity contribution in [1.82, 2.24) is 20.0 Å². The van der Waals surface area contributed by atoms with Crippen LogP contribution in [-0.4, -0.2) is 85.9 Å². The number of hydrogen-bond donors (Lipinski definition) is 1. The smallest absolute Gasteiger partial charge is 0.231 e. The van der Waals surface area contributed by atoms with Crippen molar-refractivity contribution in [2.75, 3.05) is 59.2 Å². The molecule has 7 heteroatoms. The summed E-state index contributed by atoms with van der Waals surface area (Å²) in [6.07, 6.45) is 2.60. The third-order valence-corrected chi connectivity index (χ3v) is 6.63. The first-order valence-corrected chi connectivity index (χ1v) is 12.0. The Bertz CT molecular complexity index is 745. The van der Waals surface area contributed by atoms with E-state index in [2.05, 4.69) is 52.9 Å². The number of nitrogens with zero attached hydrogens (tertiary/aromatic N) is 4. The van der Waals surface area contributed by atoms with Crippen LogP contribution in [0, 0.1) is 5.92 Å². The molecule has 0 spiro atoms. The molecule has 0 amide bonds. The summed E-state index contributed by atoms with van der Waals surface area (Å²) in [6.45, 7) is 16.4. The molecule has 3 heterocycles. The first-order chi connectivity index (χ1) is 15.1. The van der Waals surface area contributed by atoms with Gasteiger partial charge in [-0.3, -0.25) is 9.89 Å². The summed E-state index contributed by atoms with van der Waals surface area (Å²) in [5.41, 5.74) is 1.28. The van der Waals surface area contributed by atoms with Crippen molar-refractivity contribution in [3.63, 3.8) is 0 Å². The minimum absolute atomic E-state index is 0.334. The Hall–Kier alpha value is -1.99. The molecule has 0 aliphatic carbocycles. The monoisotopic (exact) mass is 429 g/mol. The van der Waals surface area contributed by atoms with Crippen molar-refractivity contribution in [2.45, 2.75) is 46.2 Å². The largest absolute Gasteiger partial charge is 0.454 e. The van der Waals surface area contributed by atoms with Crippen LogP contribution in [-0.2, 0) is 6.54 Å². The molecule has 1 N–H and O–H groups in total. The first-order valence-electron chi connectivity index (χ1n) is 12.0.